The number of hydrogen-bond acceptors (Lipinski definition) is 3. The molecule has 0 bridgehead atoms. The number of fused-ring (bicyclic) bond motifs is 1. The Bertz CT molecular complexity index is 1000. The molecule has 0 amide bonds. The van der Waals surface area contributed by atoms with Gasteiger partial charge < -0.3 is 9.29 Å². The minimum atomic E-state index is -1.33. The van der Waals surface area contributed by atoms with Crippen LogP contribution >= 0.6 is 0 Å². The highest BCUT2D eigenvalue weighted by Gasteiger charge is 2.12. The van der Waals surface area contributed by atoms with Crippen LogP contribution in [-0.4, -0.2) is 19.5 Å². The maximum Gasteiger partial charge on any atom is 0.221 e. The third-order valence-corrected chi connectivity index (χ3v) is 4.43. The van der Waals surface area contributed by atoms with Gasteiger partial charge in [0.05, 0.1) is 11.0 Å². The minimum absolute atomic E-state index is 0.174. The summed E-state index contributed by atoms with van der Waals surface area (Å²) in [6.45, 7) is 3.47. The van der Waals surface area contributed by atoms with Gasteiger partial charge in [-0.1, -0.05) is 36.9 Å². The van der Waals surface area contributed by atoms with Crippen LogP contribution in [0.25, 0.3) is 17.1 Å². The minimum Gasteiger partial charge on any atom is -0.324 e. The number of nitrogens with zero attached hydrogens (tertiary/aromatic N) is 2. The Kier molecular flexibility index (Phi) is 4.90. The number of rotatable bonds is 6. The van der Waals surface area contributed by atoms with Gasteiger partial charge in [0.25, 0.3) is 0 Å². The third-order valence-electron chi connectivity index (χ3n) is 3.69. The van der Waals surface area contributed by atoms with Crippen LogP contribution in [0.15, 0.2) is 66.6 Å². The third kappa shape index (κ3) is 3.75. The van der Waals surface area contributed by atoms with Crippen molar-refractivity contribution in [3.8, 4) is 0 Å². The summed E-state index contributed by atoms with van der Waals surface area (Å²) in [5.74, 6) is 0.214. The summed E-state index contributed by atoms with van der Waals surface area (Å²) in [7, 11) is 0.494. The number of anilines is 1. The summed E-state index contributed by atoms with van der Waals surface area (Å²) in [5.41, 5.74) is 3.21. The predicted octanol–water partition coefficient (Wildman–Crippen LogP) is 3.69. The Morgan fingerprint density at radius 2 is 2.04 bits per heavy atom. The number of para-hydroxylation sites is 2. The average molecular weight is 351 g/mol. The number of aromatic nitrogens is 2. The fourth-order valence-electron chi connectivity index (χ4n) is 2.48. The molecule has 3 aromatic rings. The van der Waals surface area contributed by atoms with E-state index in [4.69, 9.17) is 0 Å². The number of ketones is 1. The van der Waals surface area contributed by atoms with E-state index in [-0.39, 0.29) is 5.78 Å². The van der Waals surface area contributed by atoms with Crippen LogP contribution < -0.4 is 4.72 Å². The van der Waals surface area contributed by atoms with Crippen molar-refractivity contribution in [3.63, 3.8) is 0 Å². The molecule has 126 valence electrons. The molecule has 0 saturated carbocycles. The molecule has 25 heavy (non-hydrogen) atoms. The van der Waals surface area contributed by atoms with Gasteiger partial charge >= 0.3 is 0 Å². The molecule has 1 heterocycles. The first kappa shape index (κ1) is 16.9. The van der Waals surface area contributed by atoms with E-state index in [0.717, 1.165) is 16.6 Å². The Balaban J connectivity index is 1.82. The monoisotopic (exact) mass is 351 g/mol. The summed E-state index contributed by atoms with van der Waals surface area (Å²) < 4.78 is 16.0. The molecule has 0 spiro atoms. The largest absolute Gasteiger partial charge is 0.324 e. The lowest BCUT2D eigenvalue weighted by Gasteiger charge is -2.03. The van der Waals surface area contributed by atoms with Crippen molar-refractivity contribution >= 4 is 39.6 Å². The normalized spacial score (nSPS) is 12.4. The van der Waals surface area contributed by atoms with E-state index in [0.29, 0.717) is 11.5 Å². The molecule has 2 aromatic carbocycles. The summed E-state index contributed by atoms with van der Waals surface area (Å²) in [6, 6.07) is 14.9. The van der Waals surface area contributed by atoms with E-state index >= 15 is 0 Å². The standard InChI is InChI=1S/C19H17N3O2S/c1-3-25(24)21-15-8-6-7-14(13-15)11-12-18(23)19-20-16-9-4-5-10-17(16)22(19)2/h3-13,21H,1H2,2H3/b12-11+. The first-order chi connectivity index (χ1) is 12.1. The van der Waals surface area contributed by atoms with Crippen molar-refractivity contribution in [3.05, 3.63) is 78.0 Å². The molecule has 0 saturated heterocycles. The van der Waals surface area contributed by atoms with E-state index in [1.807, 2.05) is 43.4 Å². The fraction of sp³-hybridized carbons (Fsp3) is 0.0526. The van der Waals surface area contributed by atoms with Crippen molar-refractivity contribution < 1.29 is 9.00 Å². The number of carbonyl (C=O) groups is 1. The van der Waals surface area contributed by atoms with Crippen LogP contribution in [0.2, 0.25) is 0 Å². The van der Waals surface area contributed by atoms with Gasteiger partial charge in [0.1, 0.15) is 11.0 Å². The van der Waals surface area contributed by atoms with Gasteiger partial charge in [-0.2, -0.15) is 0 Å². The molecule has 1 atom stereocenters. The molecule has 0 aliphatic heterocycles. The molecule has 0 fully saturated rings. The predicted molar refractivity (Wildman–Crippen MR) is 102 cm³/mol. The zero-order valence-corrected chi connectivity index (χ0v) is 14.5. The van der Waals surface area contributed by atoms with Gasteiger partial charge in [0, 0.05) is 18.1 Å². The fourth-order valence-corrected chi connectivity index (χ4v) is 2.92. The van der Waals surface area contributed by atoms with Crippen molar-refractivity contribution in [2.24, 2.45) is 7.05 Å². The maximum atomic E-state index is 12.5. The van der Waals surface area contributed by atoms with Crippen molar-refractivity contribution in [1.29, 1.82) is 0 Å². The number of benzene rings is 2. The SMILES string of the molecule is C=CS(=O)Nc1cccc(/C=C/C(=O)c2nc3ccccc3n2C)c1. The molecule has 1 unspecified atom stereocenters. The molecule has 5 nitrogen and oxygen atoms in total. The average Bonchev–Trinajstić information content (AvgIpc) is 2.97. The van der Waals surface area contributed by atoms with Gasteiger partial charge in [0.15, 0.2) is 5.82 Å². The number of hydrogen-bond donors (Lipinski definition) is 1. The molecule has 6 heteroatoms. The Hall–Kier alpha value is -2.99. The number of aryl methyl sites for hydroxylation is 1. The first-order valence-corrected chi connectivity index (χ1v) is 8.83. The molecule has 0 radical (unpaired) electrons. The van der Waals surface area contributed by atoms with E-state index < -0.39 is 11.0 Å². The lowest BCUT2D eigenvalue weighted by molar-refractivity contribution is 0.103. The molecule has 3 rings (SSSR count). The molecular formula is C19H17N3O2S. The van der Waals surface area contributed by atoms with Crippen LogP contribution in [0.3, 0.4) is 0 Å². The van der Waals surface area contributed by atoms with Crippen LogP contribution in [-0.2, 0) is 18.0 Å². The van der Waals surface area contributed by atoms with Crippen molar-refractivity contribution in [1.82, 2.24) is 9.55 Å². The van der Waals surface area contributed by atoms with E-state index in [9.17, 15) is 9.00 Å². The lowest BCUT2D eigenvalue weighted by Crippen LogP contribution is -2.04. The second-order valence-electron chi connectivity index (χ2n) is 5.37. The van der Waals surface area contributed by atoms with Crippen molar-refractivity contribution in [2.75, 3.05) is 4.72 Å². The van der Waals surface area contributed by atoms with Gasteiger partial charge in [-0.25, -0.2) is 9.19 Å². The maximum absolute atomic E-state index is 12.5. The van der Waals surface area contributed by atoms with Gasteiger partial charge in [0.2, 0.25) is 5.78 Å². The molecule has 0 aliphatic rings. The highest BCUT2D eigenvalue weighted by Crippen LogP contribution is 2.16. The van der Waals surface area contributed by atoms with Gasteiger partial charge in [-0.15, -0.1) is 0 Å². The summed E-state index contributed by atoms with van der Waals surface area (Å²) in [5, 5.41) is 1.32. The lowest BCUT2D eigenvalue weighted by atomic mass is 10.1. The van der Waals surface area contributed by atoms with Gasteiger partial charge in [-0.05, 0) is 35.9 Å². The quantitative estimate of drug-likeness (QED) is 0.544. The number of imidazole rings is 1. The molecular weight excluding hydrogens is 334 g/mol. The van der Waals surface area contributed by atoms with Gasteiger partial charge in [-0.3, -0.25) is 4.79 Å². The van der Waals surface area contributed by atoms with Crippen LogP contribution in [0, 0.1) is 0 Å². The van der Waals surface area contributed by atoms with E-state index in [2.05, 4.69) is 16.3 Å². The van der Waals surface area contributed by atoms with E-state index in [1.54, 1.807) is 22.8 Å². The first-order valence-electron chi connectivity index (χ1n) is 7.62. The summed E-state index contributed by atoms with van der Waals surface area (Å²) >= 11 is 0. The Morgan fingerprint density at radius 3 is 2.80 bits per heavy atom. The Morgan fingerprint density at radius 1 is 1.24 bits per heavy atom. The zero-order chi connectivity index (χ0) is 17.8. The summed E-state index contributed by atoms with van der Waals surface area (Å²) in [6.07, 6.45) is 3.20. The van der Waals surface area contributed by atoms with Crippen LogP contribution in [0.4, 0.5) is 5.69 Å². The van der Waals surface area contributed by atoms with E-state index in [1.165, 1.54) is 11.5 Å². The van der Waals surface area contributed by atoms with Crippen LogP contribution in [0.1, 0.15) is 16.2 Å². The topological polar surface area (TPSA) is 64.0 Å². The number of nitrogens with one attached hydrogen (secondary N) is 1. The number of allylic oxidation sites excluding steroid dienone is 1. The number of carbonyl (C=O) groups excluding carboxylic acids is 1. The Labute approximate surface area is 148 Å². The molecule has 1 aromatic heterocycles. The second-order valence-corrected chi connectivity index (χ2v) is 6.50. The molecule has 0 aliphatic carbocycles. The second kappa shape index (κ2) is 7.27. The van der Waals surface area contributed by atoms with Crippen molar-refractivity contribution in [2.45, 2.75) is 0 Å². The van der Waals surface area contributed by atoms with Crippen LogP contribution in [0.5, 0.6) is 0 Å². The highest BCUT2D eigenvalue weighted by molar-refractivity contribution is 7.89. The smallest absolute Gasteiger partial charge is 0.221 e. The summed E-state index contributed by atoms with van der Waals surface area (Å²) in [4.78, 5) is 16.9. The zero-order valence-electron chi connectivity index (χ0n) is 13.7. The molecule has 1 N–H and O–H groups in total. The highest BCUT2D eigenvalue weighted by atomic mass is 32.2.